The lowest BCUT2D eigenvalue weighted by Crippen LogP contribution is -2.41. The molecule has 21 heavy (non-hydrogen) atoms. The molecule has 1 fully saturated rings. The molecule has 0 bridgehead atoms. The van der Waals surface area contributed by atoms with Gasteiger partial charge in [0.1, 0.15) is 0 Å². The minimum absolute atomic E-state index is 0.0832. The number of non-ortho nitro benzene ring substituents is 1. The number of nitrogens with zero attached hydrogens (tertiary/aromatic N) is 2. The average Bonchev–Trinajstić information content (AvgIpc) is 2.47. The first-order valence-corrected chi connectivity index (χ1v) is 7.82. The summed E-state index contributed by atoms with van der Waals surface area (Å²) in [6.07, 6.45) is 3.90. The highest BCUT2D eigenvalue weighted by atomic mass is 35.5. The number of piperidine rings is 1. The zero-order valence-corrected chi connectivity index (χ0v) is 13.1. The molecular weight excluding hydrogens is 290 g/mol. The molecule has 0 aliphatic carbocycles. The van der Waals surface area contributed by atoms with Gasteiger partial charge in [0.05, 0.1) is 4.92 Å². The van der Waals surface area contributed by atoms with Gasteiger partial charge in [0, 0.05) is 36.3 Å². The Kier molecular flexibility index (Phi) is 5.96. The van der Waals surface area contributed by atoms with Crippen LogP contribution in [-0.2, 0) is 6.54 Å². The maximum absolute atomic E-state index is 10.8. The Morgan fingerprint density at radius 1 is 1.38 bits per heavy atom. The molecule has 1 heterocycles. The van der Waals surface area contributed by atoms with E-state index >= 15 is 0 Å². The molecule has 6 heteroatoms. The van der Waals surface area contributed by atoms with Crippen LogP contribution in [0.2, 0.25) is 5.02 Å². The molecule has 1 aliphatic heterocycles. The molecule has 5 nitrogen and oxygen atoms in total. The molecule has 1 aromatic rings. The maximum Gasteiger partial charge on any atom is 0.269 e. The summed E-state index contributed by atoms with van der Waals surface area (Å²) in [5.41, 5.74) is 0.858. The number of hydrogen-bond donors (Lipinski definition) is 1. The van der Waals surface area contributed by atoms with Crippen molar-refractivity contribution in [1.82, 2.24) is 10.2 Å². The number of nitro groups is 1. The second-order valence-corrected chi connectivity index (χ2v) is 6.08. The van der Waals surface area contributed by atoms with Gasteiger partial charge >= 0.3 is 0 Å². The molecule has 0 radical (unpaired) electrons. The van der Waals surface area contributed by atoms with E-state index in [9.17, 15) is 10.1 Å². The van der Waals surface area contributed by atoms with Gasteiger partial charge in [-0.1, -0.05) is 18.0 Å². The van der Waals surface area contributed by atoms with Gasteiger partial charge in [0.25, 0.3) is 5.69 Å². The summed E-state index contributed by atoms with van der Waals surface area (Å²) in [6, 6.07) is 4.90. The van der Waals surface area contributed by atoms with Crippen LogP contribution < -0.4 is 5.32 Å². The van der Waals surface area contributed by atoms with Crippen LogP contribution >= 0.6 is 11.6 Å². The molecule has 0 saturated carbocycles. The van der Waals surface area contributed by atoms with Gasteiger partial charge < -0.3 is 10.2 Å². The summed E-state index contributed by atoms with van der Waals surface area (Å²) in [6.45, 7) is 6.04. The maximum atomic E-state index is 10.8. The SMILES string of the molecule is CC(CN1CCCCC1)NCc1cc([N+](=O)[O-])ccc1Cl. The van der Waals surface area contributed by atoms with Crippen molar-refractivity contribution >= 4 is 17.3 Å². The van der Waals surface area contributed by atoms with E-state index in [4.69, 9.17) is 11.6 Å². The molecule has 1 aliphatic rings. The summed E-state index contributed by atoms with van der Waals surface area (Å²) < 4.78 is 0. The van der Waals surface area contributed by atoms with Crippen molar-refractivity contribution in [2.75, 3.05) is 19.6 Å². The molecular formula is C15H22ClN3O2. The molecule has 1 atom stereocenters. The summed E-state index contributed by atoms with van der Waals surface area (Å²) in [5.74, 6) is 0. The van der Waals surface area contributed by atoms with Crippen LogP contribution in [0.25, 0.3) is 0 Å². The van der Waals surface area contributed by atoms with Crippen molar-refractivity contribution in [1.29, 1.82) is 0 Å². The Morgan fingerprint density at radius 3 is 2.76 bits per heavy atom. The van der Waals surface area contributed by atoms with Crippen LogP contribution in [0.3, 0.4) is 0 Å². The lowest BCUT2D eigenvalue weighted by atomic mass is 10.1. The van der Waals surface area contributed by atoms with E-state index in [2.05, 4.69) is 17.1 Å². The largest absolute Gasteiger partial charge is 0.309 e. The van der Waals surface area contributed by atoms with Crippen LogP contribution in [0.5, 0.6) is 0 Å². The van der Waals surface area contributed by atoms with Crippen molar-refractivity contribution < 1.29 is 4.92 Å². The fourth-order valence-electron chi connectivity index (χ4n) is 2.69. The van der Waals surface area contributed by atoms with Gasteiger partial charge in [-0.05, 0) is 44.5 Å². The predicted octanol–water partition coefficient (Wildman–Crippen LogP) is 3.21. The molecule has 1 N–H and O–H groups in total. The predicted molar refractivity (Wildman–Crippen MR) is 84.7 cm³/mol. The molecule has 0 amide bonds. The van der Waals surface area contributed by atoms with Gasteiger partial charge in [0.2, 0.25) is 0 Å². The van der Waals surface area contributed by atoms with Crippen molar-refractivity contribution in [2.24, 2.45) is 0 Å². The minimum Gasteiger partial charge on any atom is -0.309 e. The first kappa shape index (κ1) is 16.2. The van der Waals surface area contributed by atoms with Crippen LogP contribution in [0.15, 0.2) is 18.2 Å². The van der Waals surface area contributed by atoms with Crippen LogP contribution in [0.1, 0.15) is 31.7 Å². The highest BCUT2D eigenvalue weighted by Crippen LogP contribution is 2.22. The van der Waals surface area contributed by atoms with Crippen LogP contribution in [0.4, 0.5) is 5.69 Å². The average molecular weight is 312 g/mol. The normalized spacial score (nSPS) is 17.6. The summed E-state index contributed by atoms with van der Waals surface area (Å²) in [5, 5.41) is 14.8. The van der Waals surface area contributed by atoms with Crippen molar-refractivity contribution in [3.63, 3.8) is 0 Å². The first-order chi connectivity index (χ1) is 10.1. The van der Waals surface area contributed by atoms with Gasteiger partial charge in [-0.25, -0.2) is 0 Å². The zero-order chi connectivity index (χ0) is 15.2. The van der Waals surface area contributed by atoms with E-state index in [-0.39, 0.29) is 5.69 Å². The van der Waals surface area contributed by atoms with Gasteiger partial charge in [-0.2, -0.15) is 0 Å². The van der Waals surface area contributed by atoms with Gasteiger partial charge in [0.15, 0.2) is 0 Å². The number of halogens is 1. The standard InChI is InChI=1S/C15H22ClN3O2/c1-12(11-18-7-3-2-4-8-18)17-10-13-9-14(19(20)21)5-6-15(13)16/h5-6,9,12,17H,2-4,7-8,10-11H2,1H3. The Bertz CT molecular complexity index is 490. The van der Waals surface area contributed by atoms with Crippen LogP contribution in [-0.4, -0.2) is 35.5 Å². The summed E-state index contributed by atoms with van der Waals surface area (Å²) >= 11 is 6.10. The van der Waals surface area contributed by atoms with E-state index in [0.29, 0.717) is 17.6 Å². The lowest BCUT2D eigenvalue weighted by molar-refractivity contribution is -0.384. The second kappa shape index (κ2) is 7.73. The molecule has 0 spiro atoms. The van der Waals surface area contributed by atoms with Crippen molar-refractivity contribution in [3.05, 3.63) is 38.9 Å². The van der Waals surface area contributed by atoms with Gasteiger partial charge in [-0.3, -0.25) is 10.1 Å². The molecule has 0 aromatic heterocycles. The Hall–Kier alpha value is -1.17. The molecule has 1 unspecified atom stereocenters. The monoisotopic (exact) mass is 311 g/mol. The number of nitrogens with one attached hydrogen (secondary N) is 1. The third kappa shape index (κ3) is 4.95. The quantitative estimate of drug-likeness (QED) is 0.647. The van der Waals surface area contributed by atoms with E-state index in [1.807, 2.05) is 0 Å². The molecule has 1 saturated heterocycles. The molecule has 116 valence electrons. The van der Waals surface area contributed by atoms with Crippen molar-refractivity contribution in [3.8, 4) is 0 Å². The minimum atomic E-state index is -0.392. The number of rotatable bonds is 6. The number of likely N-dealkylation sites (tertiary alicyclic amines) is 1. The van der Waals surface area contributed by atoms with E-state index in [1.54, 1.807) is 12.1 Å². The number of benzene rings is 1. The molecule has 1 aromatic carbocycles. The summed E-state index contributed by atoms with van der Waals surface area (Å²) in [7, 11) is 0. The Morgan fingerprint density at radius 2 is 2.10 bits per heavy atom. The second-order valence-electron chi connectivity index (χ2n) is 5.68. The van der Waals surface area contributed by atoms with E-state index in [0.717, 1.165) is 12.1 Å². The highest BCUT2D eigenvalue weighted by Gasteiger charge is 2.14. The van der Waals surface area contributed by atoms with Crippen molar-refractivity contribution in [2.45, 2.75) is 38.8 Å². The van der Waals surface area contributed by atoms with E-state index in [1.165, 1.54) is 38.4 Å². The smallest absolute Gasteiger partial charge is 0.269 e. The fourth-order valence-corrected chi connectivity index (χ4v) is 2.87. The third-order valence-corrected chi connectivity index (χ3v) is 4.23. The topological polar surface area (TPSA) is 58.4 Å². The Balaban J connectivity index is 1.86. The number of hydrogen-bond acceptors (Lipinski definition) is 4. The Labute approximate surface area is 130 Å². The fraction of sp³-hybridized carbons (Fsp3) is 0.600. The van der Waals surface area contributed by atoms with E-state index < -0.39 is 4.92 Å². The zero-order valence-electron chi connectivity index (χ0n) is 12.3. The third-order valence-electron chi connectivity index (χ3n) is 3.86. The number of nitro benzene ring substituents is 1. The lowest BCUT2D eigenvalue weighted by Gasteiger charge is -2.29. The molecule has 2 rings (SSSR count). The van der Waals surface area contributed by atoms with Gasteiger partial charge in [-0.15, -0.1) is 0 Å². The highest BCUT2D eigenvalue weighted by molar-refractivity contribution is 6.31. The first-order valence-electron chi connectivity index (χ1n) is 7.45. The van der Waals surface area contributed by atoms with Crippen LogP contribution in [0, 0.1) is 10.1 Å². The summed E-state index contributed by atoms with van der Waals surface area (Å²) in [4.78, 5) is 12.9.